The highest BCUT2D eigenvalue weighted by Crippen LogP contribution is 2.62. The third-order valence-electron chi connectivity index (χ3n) is 2.76. The van der Waals surface area contributed by atoms with E-state index in [4.69, 9.17) is 17.0 Å². The molecule has 2 nitrogen and oxygen atoms in total. The Bertz CT molecular complexity index is 465. The van der Waals surface area contributed by atoms with Crippen LogP contribution in [0, 0.1) is 0 Å². The predicted octanol–water partition coefficient (Wildman–Crippen LogP) is 6.16. The van der Waals surface area contributed by atoms with Gasteiger partial charge in [0.15, 0.2) is 0 Å². The molecule has 1 atom stereocenters. The van der Waals surface area contributed by atoms with Crippen LogP contribution >= 0.6 is 73.1 Å². The Hall–Kier alpha value is 1.17. The summed E-state index contributed by atoms with van der Waals surface area (Å²) in [7, 11) is 12.2. The highest BCUT2D eigenvalue weighted by Gasteiger charge is 2.39. The van der Waals surface area contributed by atoms with E-state index in [2.05, 4.69) is 24.4 Å². The van der Waals surface area contributed by atoms with Crippen LogP contribution in [0.5, 0.6) is 5.75 Å². The quantitative estimate of drug-likeness (QED) is 0.448. The Balaban J connectivity index is 2.34. The smallest absolute Gasteiger partial charge is 0.144 e. The van der Waals surface area contributed by atoms with Gasteiger partial charge in [0.2, 0.25) is 0 Å². The van der Waals surface area contributed by atoms with E-state index in [1.54, 1.807) is 68.0 Å². The molecule has 1 aromatic rings. The number of hydrogen-bond acceptors (Lipinski definition) is 9. The van der Waals surface area contributed by atoms with E-state index in [1.165, 1.54) is 5.56 Å². The maximum atomic E-state index is 5.73. The number of benzene rings is 1. The first-order valence-electron chi connectivity index (χ1n) is 6.19. The minimum atomic E-state index is -0.339. The maximum absolute atomic E-state index is 5.73. The number of rotatable bonds is 5. The summed E-state index contributed by atoms with van der Waals surface area (Å²) in [6, 6.07) is 8.20. The molecule has 0 aliphatic carbocycles. The molecule has 1 unspecified atom stereocenters. The second-order valence-electron chi connectivity index (χ2n) is 4.06. The molecule has 2 rings (SSSR count). The van der Waals surface area contributed by atoms with Crippen molar-refractivity contribution in [2.45, 2.75) is 18.2 Å². The average molecular weight is 414 g/mol. The molecule has 1 aliphatic heterocycles. The third kappa shape index (κ3) is 4.82. The van der Waals surface area contributed by atoms with E-state index in [-0.39, 0.29) is 4.87 Å². The summed E-state index contributed by atoms with van der Waals surface area (Å²) in [5, 5.41) is 3.66. The van der Waals surface area contributed by atoms with Crippen LogP contribution < -0.4 is 10.1 Å². The fraction of sp³-hybridized carbons (Fsp3) is 0.417. The van der Waals surface area contributed by atoms with Gasteiger partial charge in [-0.1, -0.05) is 31.3 Å². The second-order valence-corrected chi connectivity index (χ2v) is 14.2. The first-order chi connectivity index (χ1) is 10.2. The molecule has 116 valence electrons. The fourth-order valence-corrected chi connectivity index (χ4v) is 15.2. The maximum Gasteiger partial charge on any atom is 0.144 e. The van der Waals surface area contributed by atoms with Crippen molar-refractivity contribution in [3.8, 4) is 5.75 Å². The summed E-state index contributed by atoms with van der Waals surface area (Å²) >= 11 is 5.73. The molecular formula is C12H15NOS7. The summed E-state index contributed by atoms with van der Waals surface area (Å²) in [5.74, 6) is 0.866. The Morgan fingerprint density at radius 2 is 1.86 bits per heavy atom. The number of hydrogen-bond donors (Lipinski definition) is 1. The Kier molecular flexibility index (Phi) is 8.34. The van der Waals surface area contributed by atoms with Gasteiger partial charge in [-0.15, -0.1) is 0 Å². The molecule has 0 amide bonds. The largest absolute Gasteiger partial charge is 0.497 e. The van der Waals surface area contributed by atoms with Crippen LogP contribution in [0.3, 0.4) is 0 Å². The van der Waals surface area contributed by atoms with Crippen molar-refractivity contribution in [1.82, 2.24) is 5.32 Å². The summed E-state index contributed by atoms with van der Waals surface area (Å²) < 4.78 is 6.23. The van der Waals surface area contributed by atoms with Gasteiger partial charge in [0.05, 0.1) is 11.3 Å². The number of nitrogens with one attached hydrogen (secondary N) is 1. The second kappa shape index (κ2) is 9.46. The molecule has 0 saturated carbocycles. The molecule has 1 fully saturated rings. The molecule has 0 aromatic heterocycles. The molecule has 21 heavy (non-hydrogen) atoms. The molecule has 9 heteroatoms. The van der Waals surface area contributed by atoms with E-state index in [0.717, 1.165) is 22.9 Å². The summed E-state index contributed by atoms with van der Waals surface area (Å²) in [6.07, 6.45) is 1.07. The topological polar surface area (TPSA) is 21.3 Å². The molecule has 1 heterocycles. The van der Waals surface area contributed by atoms with Crippen molar-refractivity contribution in [2.24, 2.45) is 0 Å². The zero-order chi connectivity index (χ0) is 15.1. The first kappa shape index (κ1) is 18.5. The molecular weight excluding hydrogens is 399 g/mol. The third-order valence-corrected chi connectivity index (χ3v) is 14.9. The van der Waals surface area contributed by atoms with Gasteiger partial charge in [0.25, 0.3) is 0 Å². The summed E-state index contributed by atoms with van der Waals surface area (Å²) in [6.45, 7) is 3.10. The van der Waals surface area contributed by atoms with Crippen molar-refractivity contribution in [3.63, 3.8) is 0 Å². The predicted molar refractivity (Wildman–Crippen MR) is 111 cm³/mol. The average Bonchev–Trinajstić information content (AvgIpc) is 2.51. The van der Waals surface area contributed by atoms with E-state index in [1.807, 2.05) is 12.1 Å². The van der Waals surface area contributed by atoms with E-state index in [9.17, 15) is 0 Å². The molecule has 1 aromatic carbocycles. The van der Waals surface area contributed by atoms with Gasteiger partial charge < -0.3 is 4.74 Å². The molecule has 0 spiro atoms. The van der Waals surface area contributed by atoms with Gasteiger partial charge in [-0.05, 0) is 91.6 Å². The van der Waals surface area contributed by atoms with Gasteiger partial charge in [-0.2, -0.15) is 0 Å². The SMILES string of the molecule is CCCNC1(c2ccc(OC)cc2)SSSSSSC1=S. The first-order valence-corrected chi connectivity index (χ1v) is 14.1. The van der Waals surface area contributed by atoms with Crippen LogP contribution in [0.1, 0.15) is 18.9 Å². The fourth-order valence-electron chi connectivity index (χ4n) is 1.72. The van der Waals surface area contributed by atoms with Crippen molar-refractivity contribution < 1.29 is 4.74 Å². The van der Waals surface area contributed by atoms with E-state index >= 15 is 0 Å². The molecule has 1 saturated heterocycles. The van der Waals surface area contributed by atoms with Crippen LogP contribution in [0.15, 0.2) is 24.3 Å². The number of methoxy groups -OCH3 is 1. The van der Waals surface area contributed by atoms with Crippen molar-refractivity contribution in [1.29, 1.82) is 0 Å². The molecule has 1 aliphatic rings. The molecule has 1 N–H and O–H groups in total. The molecule has 0 bridgehead atoms. The standard InChI is InChI=1S/C12H15NOS7/c1-3-8-13-12(9-4-6-10(14-2)7-5-9)11(15)16-18-20-21-19-17-12/h4-7,13H,3,8H2,1-2H3. The Morgan fingerprint density at radius 3 is 2.52 bits per heavy atom. The lowest BCUT2D eigenvalue weighted by Crippen LogP contribution is -2.44. The highest BCUT2D eigenvalue weighted by molar-refractivity contribution is 9.43. The van der Waals surface area contributed by atoms with Crippen molar-refractivity contribution in [2.75, 3.05) is 13.7 Å². The van der Waals surface area contributed by atoms with E-state index in [0.29, 0.717) is 0 Å². The van der Waals surface area contributed by atoms with Crippen LogP contribution in [-0.4, -0.2) is 17.9 Å². The van der Waals surface area contributed by atoms with Gasteiger partial charge in [-0.25, -0.2) is 0 Å². The summed E-state index contributed by atoms with van der Waals surface area (Å²) in [5.41, 5.74) is 1.18. The zero-order valence-electron chi connectivity index (χ0n) is 11.5. The van der Waals surface area contributed by atoms with Crippen LogP contribution in [0.4, 0.5) is 0 Å². The van der Waals surface area contributed by atoms with Crippen molar-refractivity contribution in [3.05, 3.63) is 29.8 Å². The number of ether oxygens (including phenoxy) is 1. The summed E-state index contributed by atoms with van der Waals surface area (Å²) in [4.78, 5) is -0.339. The van der Waals surface area contributed by atoms with Crippen LogP contribution in [0.2, 0.25) is 0 Å². The van der Waals surface area contributed by atoms with Gasteiger partial charge in [0, 0.05) is 0 Å². The minimum Gasteiger partial charge on any atom is -0.497 e. The highest BCUT2D eigenvalue weighted by atomic mass is 33.9. The van der Waals surface area contributed by atoms with Gasteiger partial charge in [-0.3, -0.25) is 5.32 Å². The lowest BCUT2D eigenvalue weighted by atomic mass is 10.1. The Labute approximate surface area is 153 Å². The Morgan fingerprint density at radius 1 is 1.14 bits per heavy atom. The van der Waals surface area contributed by atoms with Crippen LogP contribution in [-0.2, 0) is 4.87 Å². The van der Waals surface area contributed by atoms with E-state index < -0.39 is 0 Å². The lowest BCUT2D eigenvalue weighted by molar-refractivity contribution is 0.414. The van der Waals surface area contributed by atoms with Gasteiger partial charge in [0.1, 0.15) is 10.6 Å². The van der Waals surface area contributed by atoms with Crippen molar-refractivity contribution >= 4 is 77.3 Å². The lowest BCUT2D eigenvalue weighted by Gasteiger charge is -2.35. The van der Waals surface area contributed by atoms with Crippen LogP contribution in [0.25, 0.3) is 0 Å². The normalized spacial score (nSPS) is 23.4. The zero-order valence-corrected chi connectivity index (χ0v) is 17.2. The molecule has 0 radical (unpaired) electrons. The number of thiocarbonyl (C=S) groups is 1. The minimum absolute atomic E-state index is 0.339. The van der Waals surface area contributed by atoms with Gasteiger partial charge >= 0.3 is 0 Å². The monoisotopic (exact) mass is 413 g/mol.